The summed E-state index contributed by atoms with van der Waals surface area (Å²) in [4.78, 5) is 2.35. The smallest absolute Gasteiger partial charge is 0.0189 e. The van der Waals surface area contributed by atoms with Crippen molar-refractivity contribution in [1.82, 2.24) is 4.90 Å². The molecule has 1 fully saturated rings. The fourth-order valence-corrected chi connectivity index (χ4v) is 2.26. The summed E-state index contributed by atoms with van der Waals surface area (Å²) < 4.78 is 0. The van der Waals surface area contributed by atoms with Crippen LogP contribution in [0.25, 0.3) is 0 Å². The number of nitrogens with zero attached hydrogens (tertiary/aromatic N) is 1. The van der Waals surface area contributed by atoms with Crippen molar-refractivity contribution in [1.29, 1.82) is 0 Å². The first kappa shape index (κ1) is 11.8. The molecule has 0 aliphatic heterocycles. The molecule has 0 spiro atoms. The minimum absolute atomic E-state index is 0.806. The van der Waals surface area contributed by atoms with Crippen molar-refractivity contribution in [2.24, 2.45) is 11.8 Å². The first-order valence-electron chi connectivity index (χ1n) is 5.99. The molecule has 0 heterocycles. The summed E-state index contributed by atoms with van der Waals surface area (Å²) in [6.07, 6.45) is 5.55. The maximum absolute atomic E-state index is 4.25. The van der Waals surface area contributed by atoms with E-state index in [1.54, 1.807) is 0 Å². The highest BCUT2D eigenvalue weighted by atomic mass is 15.1. The first-order valence-corrected chi connectivity index (χ1v) is 5.99. The Morgan fingerprint density at radius 1 is 1.29 bits per heavy atom. The van der Waals surface area contributed by atoms with Crippen LogP contribution >= 0.6 is 0 Å². The summed E-state index contributed by atoms with van der Waals surface area (Å²) in [7, 11) is 2.18. The van der Waals surface area contributed by atoms with Gasteiger partial charge in [-0.3, -0.25) is 0 Å². The second-order valence-electron chi connectivity index (χ2n) is 4.95. The molecule has 0 aromatic rings. The van der Waals surface area contributed by atoms with E-state index in [1.807, 2.05) is 0 Å². The molecule has 0 aromatic heterocycles. The Hall–Kier alpha value is -0.300. The van der Waals surface area contributed by atoms with Crippen LogP contribution in [-0.2, 0) is 0 Å². The lowest BCUT2D eigenvalue weighted by Gasteiger charge is -2.29. The fourth-order valence-electron chi connectivity index (χ4n) is 2.26. The highest BCUT2D eigenvalue weighted by molar-refractivity contribution is 5.04. The molecule has 82 valence electrons. The molecule has 0 bridgehead atoms. The molecule has 0 aromatic carbocycles. The molecule has 0 atom stereocenters. The third-order valence-electron chi connectivity index (χ3n) is 3.61. The quantitative estimate of drug-likeness (QED) is 0.622. The lowest BCUT2D eigenvalue weighted by atomic mass is 9.79. The number of hydrogen-bond donors (Lipinski definition) is 0. The summed E-state index contributed by atoms with van der Waals surface area (Å²) in [6.45, 7) is 11.0. The summed E-state index contributed by atoms with van der Waals surface area (Å²) >= 11 is 0. The highest BCUT2D eigenvalue weighted by Gasteiger charge is 2.20. The molecule has 0 saturated heterocycles. The molecule has 1 aliphatic rings. The maximum atomic E-state index is 4.25. The lowest BCUT2D eigenvalue weighted by Crippen LogP contribution is -2.25. The molecule has 0 amide bonds. The fraction of sp³-hybridized carbons (Fsp3) is 0.846. The van der Waals surface area contributed by atoms with Crippen LogP contribution in [-0.4, -0.2) is 25.0 Å². The summed E-state index contributed by atoms with van der Waals surface area (Å²) in [5, 5.41) is 0. The van der Waals surface area contributed by atoms with Gasteiger partial charge in [-0.2, -0.15) is 0 Å². The van der Waals surface area contributed by atoms with Crippen molar-refractivity contribution in [2.75, 3.05) is 20.1 Å². The topological polar surface area (TPSA) is 3.24 Å². The number of hydrogen-bond acceptors (Lipinski definition) is 1. The predicted molar refractivity (Wildman–Crippen MR) is 63.4 cm³/mol. The van der Waals surface area contributed by atoms with Crippen molar-refractivity contribution < 1.29 is 0 Å². The van der Waals surface area contributed by atoms with Gasteiger partial charge in [-0.05, 0) is 38.3 Å². The maximum Gasteiger partial charge on any atom is 0.0189 e. The third-order valence-corrected chi connectivity index (χ3v) is 3.61. The van der Waals surface area contributed by atoms with Gasteiger partial charge in [-0.1, -0.05) is 38.8 Å². The molecule has 1 saturated carbocycles. The molecule has 1 nitrogen and oxygen atoms in total. The van der Waals surface area contributed by atoms with Crippen molar-refractivity contribution in [3.05, 3.63) is 12.2 Å². The zero-order valence-corrected chi connectivity index (χ0v) is 10.1. The molecule has 1 rings (SSSR count). The van der Waals surface area contributed by atoms with E-state index in [2.05, 4.69) is 32.4 Å². The zero-order chi connectivity index (χ0) is 10.6. The van der Waals surface area contributed by atoms with E-state index < -0.39 is 0 Å². The summed E-state index contributed by atoms with van der Waals surface area (Å²) in [5.41, 5.74) is 1.46. The molecule has 0 N–H and O–H groups in total. The predicted octanol–water partition coefficient (Wildman–Crippen LogP) is 3.32. The van der Waals surface area contributed by atoms with Crippen LogP contribution in [0.4, 0.5) is 0 Å². The average Bonchev–Trinajstić information content (AvgIpc) is 2.18. The van der Waals surface area contributed by atoms with E-state index in [-0.39, 0.29) is 0 Å². The van der Waals surface area contributed by atoms with E-state index in [0.29, 0.717) is 0 Å². The second kappa shape index (κ2) is 5.55. The molecular formula is C13H25N. The van der Waals surface area contributed by atoms with Crippen LogP contribution in [0, 0.1) is 11.8 Å². The van der Waals surface area contributed by atoms with E-state index in [9.17, 15) is 0 Å². The van der Waals surface area contributed by atoms with Gasteiger partial charge >= 0.3 is 0 Å². The number of rotatable bonds is 4. The zero-order valence-electron chi connectivity index (χ0n) is 10.1. The minimum atomic E-state index is 0.806. The van der Waals surface area contributed by atoms with E-state index in [1.165, 1.54) is 31.3 Å². The van der Waals surface area contributed by atoms with Gasteiger partial charge in [0.05, 0.1) is 0 Å². The van der Waals surface area contributed by atoms with E-state index in [0.717, 1.165) is 24.9 Å². The third kappa shape index (κ3) is 3.45. The second-order valence-corrected chi connectivity index (χ2v) is 4.95. The summed E-state index contributed by atoms with van der Waals surface area (Å²) in [6, 6.07) is 0. The molecule has 1 heteroatoms. The Morgan fingerprint density at radius 2 is 1.86 bits per heavy atom. The van der Waals surface area contributed by atoms with E-state index >= 15 is 0 Å². The van der Waals surface area contributed by atoms with Crippen LogP contribution in [0.15, 0.2) is 12.2 Å². The van der Waals surface area contributed by atoms with Gasteiger partial charge in [0.1, 0.15) is 0 Å². The highest BCUT2D eigenvalue weighted by Crippen LogP contribution is 2.32. The van der Waals surface area contributed by atoms with Gasteiger partial charge in [0.15, 0.2) is 0 Å². The van der Waals surface area contributed by atoms with Gasteiger partial charge in [0, 0.05) is 6.54 Å². The average molecular weight is 195 g/mol. The molecule has 1 aliphatic carbocycles. The number of likely N-dealkylation sites (N-methyl/N-ethyl adjacent to an activating group) is 1. The Bertz CT molecular complexity index is 178. The first-order chi connectivity index (χ1) is 6.63. The van der Waals surface area contributed by atoms with Crippen LogP contribution < -0.4 is 0 Å². The van der Waals surface area contributed by atoms with Gasteiger partial charge in [-0.15, -0.1) is 0 Å². The van der Waals surface area contributed by atoms with Crippen LogP contribution in [0.3, 0.4) is 0 Å². The van der Waals surface area contributed by atoms with Gasteiger partial charge in [-0.25, -0.2) is 0 Å². The van der Waals surface area contributed by atoms with Gasteiger partial charge in [0.2, 0.25) is 0 Å². The van der Waals surface area contributed by atoms with Crippen molar-refractivity contribution in [2.45, 2.75) is 39.5 Å². The van der Waals surface area contributed by atoms with E-state index in [4.69, 9.17) is 0 Å². The monoisotopic (exact) mass is 195 g/mol. The SMILES string of the molecule is C=C(CN(C)CC)C1CCC(C)CC1. The minimum Gasteiger partial charge on any atom is -0.303 e. The molecule has 14 heavy (non-hydrogen) atoms. The Labute approximate surface area is 89.2 Å². The van der Waals surface area contributed by atoms with Crippen LogP contribution in [0.1, 0.15) is 39.5 Å². The van der Waals surface area contributed by atoms with Crippen LogP contribution in [0.5, 0.6) is 0 Å². The van der Waals surface area contributed by atoms with Gasteiger partial charge in [0.25, 0.3) is 0 Å². The summed E-state index contributed by atoms with van der Waals surface area (Å²) in [5.74, 6) is 1.75. The van der Waals surface area contributed by atoms with Gasteiger partial charge < -0.3 is 4.90 Å². The van der Waals surface area contributed by atoms with Crippen LogP contribution in [0.2, 0.25) is 0 Å². The lowest BCUT2D eigenvalue weighted by molar-refractivity contribution is 0.295. The normalized spacial score (nSPS) is 28.0. The largest absolute Gasteiger partial charge is 0.303 e. The van der Waals surface area contributed by atoms with Crippen molar-refractivity contribution in [3.63, 3.8) is 0 Å². The Kier molecular flexibility index (Phi) is 4.67. The van der Waals surface area contributed by atoms with Crippen molar-refractivity contribution >= 4 is 0 Å². The molecular weight excluding hydrogens is 170 g/mol. The molecule has 0 radical (unpaired) electrons. The van der Waals surface area contributed by atoms with Crippen molar-refractivity contribution in [3.8, 4) is 0 Å². The molecule has 0 unspecified atom stereocenters. The standard InChI is InChI=1S/C13H25N/c1-5-14(4)10-12(3)13-8-6-11(2)7-9-13/h11,13H,3,5-10H2,1-2,4H3. The Morgan fingerprint density at radius 3 is 2.36 bits per heavy atom. The Balaban J connectivity index is 2.30.